The van der Waals surface area contributed by atoms with Gasteiger partial charge >= 0.3 is 0 Å². The van der Waals surface area contributed by atoms with Crippen LogP contribution in [0.25, 0.3) is 21.8 Å². The summed E-state index contributed by atoms with van der Waals surface area (Å²) in [5.41, 5.74) is 16.1. The standard InChI is InChI=1S/C14H12BrN3/c1-7-2-8-3-9-4-10(15)12(17)6-14(9)18-13(8)5-11(7)16/h2-6H,16-17H2,1H3. The number of aromatic nitrogens is 1. The molecule has 1 heterocycles. The monoisotopic (exact) mass is 301 g/mol. The van der Waals surface area contributed by atoms with Gasteiger partial charge in [-0.1, -0.05) is 0 Å². The van der Waals surface area contributed by atoms with Crippen LogP contribution in [0.15, 0.2) is 34.8 Å². The molecule has 0 aliphatic rings. The first-order valence-corrected chi connectivity index (χ1v) is 6.39. The fraction of sp³-hybridized carbons (Fsp3) is 0.0714. The largest absolute Gasteiger partial charge is 0.398 e. The number of aryl methyl sites for hydroxylation is 1. The predicted octanol–water partition coefficient (Wildman–Crippen LogP) is 3.62. The molecule has 0 radical (unpaired) electrons. The highest BCUT2D eigenvalue weighted by molar-refractivity contribution is 9.10. The van der Waals surface area contributed by atoms with Gasteiger partial charge in [0.1, 0.15) is 0 Å². The minimum atomic E-state index is 0.689. The van der Waals surface area contributed by atoms with Gasteiger partial charge in [0.15, 0.2) is 0 Å². The second-order valence-corrected chi connectivity index (χ2v) is 5.31. The molecular formula is C14H12BrN3. The van der Waals surface area contributed by atoms with Gasteiger partial charge in [-0.25, -0.2) is 4.98 Å². The molecule has 0 saturated heterocycles. The Morgan fingerprint density at radius 3 is 2.22 bits per heavy atom. The fourth-order valence-electron chi connectivity index (χ4n) is 2.05. The molecule has 3 rings (SSSR count). The lowest BCUT2D eigenvalue weighted by molar-refractivity contribution is 1.45. The maximum atomic E-state index is 5.91. The number of hydrogen-bond acceptors (Lipinski definition) is 3. The minimum Gasteiger partial charge on any atom is -0.398 e. The fourth-order valence-corrected chi connectivity index (χ4v) is 2.41. The molecule has 0 spiro atoms. The summed E-state index contributed by atoms with van der Waals surface area (Å²) >= 11 is 3.43. The van der Waals surface area contributed by atoms with Crippen molar-refractivity contribution in [1.82, 2.24) is 4.98 Å². The van der Waals surface area contributed by atoms with Crippen molar-refractivity contribution in [3.05, 3.63) is 40.4 Å². The Labute approximate surface area is 113 Å². The van der Waals surface area contributed by atoms with Crippen molar-refractivity contribution in [2.24, 2.45) is 0 Å². The van der Waals surface area contributed by atoms with Gasteiger partial charge in [-0.15, -0.1) is 0 Å². The molecule has 0 saturated carbocycles. The first kappa shape index (κ1) is 11.3. The topological polar surface area (TPSA) is 64.9 Å². The molecule has 0 bridgehead atoms. The van der Waals surface area contributed by atoms with E-state index in [2.05, 4.69) is 33.0 Å². The van der Waals surface area contributed by atoms with Gasteiger partial charge < -0.3 is 11.5 Å². The number of benzene rings is 2. The van der Waals surface area contributed by atoms with Crippen molar-refractivity contribution in [2.45, 2.75) is 6.92 Å². The highest BCUT2D eigenvalue weighted by atomic mass is 79.9. The van der Waals surface area contributed by atoms with Crippen LogP contribution < -0.4 is 11.5 Å². The highest BCUT2D eigenvalue weighted by Gasteiger charge is 2.05. The second kappa shape index (κ2) is 3.85. The number of nitrogen functional groups attached to an aromatic ring is 2. The number of rotatable bonds is 0. The smallest absolute Gasteiger partial charge is 0.0731 e. The van der Waals surface area contributed by atoms with E-state index in [0.717, 1.165) is 37.5 Å². The Morgan fingerprint density at radius 2 is 1.50 bits per heavy atom. The average molecular weight is 302 g/mol. The predicted molar refractivity (Wildman–Crippen MR) is 80.5 cm³/mol. The highest BCUT2D eigenvalue weighted by Crippen LogP contribution is 2.29. The molecule has 3 aromatic rings. The Hall–Kier alpha value is -1.81. The number of nitrogens with two attached hydrogens (primary N) is 2. The van der Waals surface area contributed by atoms with Gasteiger partial charge in [0, 0.05) is 26.6 Å². The van der Waals surface area contributed by atoms with Crippen LogP contribution in [0.3, 0.4) is 0 Å². The van der Waals surface area contributed by atoms with E-state index in [1.807, 2.05) is 25.1 Å². The molecule has 4 N–H and O–H groups in total. The van der Waals surface area contributed by atoms with Crippen molar-refractivity contribution < 1.29 is 0 Å². The van der Waals surface area contributed by atoms with E-state index in [0.29, 0.717) is 5.69 Å². The molecule has 4 heteroatoms. The normalized spacial score (nSPS) is 11.2. The average Bonchev–Trinajstić information content (AvgIpc) is 2.31. The van der Waals surface area contributed by atoms with Crippen molar-refractivity contribution in [3.63, 3.8) is 0 Å². The van der Waals surface area contributed by atoms with Crippen molar-refractivity contribution >= 4 is 49.1 Å². The molecule has 0 amide bonds. The van der Waals surface area contributed by atoms with Crippen LogP contribution in [0.2, 0.25) is 0 Å². The molecule has 18 heavy (non-hydrogen) atoms. The molecule has 2 aromatic carbocycles. The summed E-state index contributed by atoms with van der Waals surface area (Å²) in [6, 6.07) is 9.93. The molecule has 0 unspecified atom stereocenters. The van der Waals surface area contributed by atoms with E-state index in [4.69, 9.17) is 11.5 Å². The Morgan fingerprint density at radius 1 is 0.889 bits per heavy atom. The summed E-state index contributed by atoms with van der Waals surface area (Å²) in [6.45, 7) is 2.00. The quantitative estimate of drug-likeness (QED) is 0.492. The third kappa shape index (κ3) is 1.69. The lowest BCUT2D eigenvalue weighted by Crippen LogP contribution is -1.92. The third-order valence-corrected chi connectivity index (χ3v) is 3.80. The Kier molecular flexibility index (Phi) is 2.41. The van der Waals surface area contributed by atoms with Crippen molar-refractivity contribution in [2.75, 3.05) is 11.5 Å². The molecule has 0 aliphatic carbocycles. The number of pyridine rings is 1. The van der Waals surface area contributed by atoms with Crippen molar-refractivity contribution in [1.29, 1.82) is 0 Å². The summed E-state index contributed by atoms with van der Waals surface area (Å²) in [7, 11) is 0. The maximum absolute atomic E-state index is 5.91. The summed E-state index contributed by atoms with van der Waals surface area (Å²) in [4.78, 5) is 4.60. The molecule has 3 nitrogen and oxygen atoms in total. The van der Waals surface area contributed by atoms with Gasteiger partial charge in [-0.3, -0.25) is 0 Å². The SMILES string of the molecule is Cc1cc2cc3cc(Br)c(N)cc3nc2cc1N. The summed E-state index contributed by atoms with van der Waals surface area (Å²) in [6.07, 6.45) is 0. The zero-order chi connectivity index (χ0) is 12.9. The van der Waals surface area contributed by atoms with Gasteiger partial charge in [-0.2, -0.15) is 0 Å². The second-order valence-electron chi connectivity index (χ2n) is 4.46. The van der Waals surface area contributed by atoms with Crippen LogP contribution in [0.5, 0.6) is 0 Å². The van der Waals surface area contributed by atoms with Crippen LogP contribution in [-0.4, -0.2) is 4.98 Å². The number of hydrogen-bond donors (Lipinski definition) is 2. The zero-order valence-electron chi connectivity index (χ0n) is 9.87. The van der Waals surface area contributed by atoms with Crippen LogP contribution in [0.1, 0.15) is 5.56 Å². The van der Waals surface area contributed by atoms with E-state index in [1.165, 1.54) is 0 Å². The van der Waals surface area contributed by atoms with Crippen LogP contribution >= 0.6 is 15.9 Å². The molecule has 1 aromatic heterocycles. The van der Waals surface area contributed by atoms with E-state index in [1.54, 1.807) is 0 Å². The first-order valence-electron chi connectivity index (χ1n) is 5.60. The Bertz CT molecular complexity index is 652. The third-order valence-electron chi connectivity index (χ3n) is 3.11. The number of fused-ring (bicyclic) bond motifs is 2. The molecule has 0 atom stereocenters. The van der Waals surface area contributed by atoms with Crippen molar-refractivity contribution in [3.8, 4) is 0 Å². The van der Waals surface area contributed by atoms with Gasteiger partial charge in [0.05, 0.1) is 11.0 Å². The zero-order valence-corrected chi connectivity index (χ0v) is 11.5. The molecular weight excluding hydrogens is 290 g/mol. The molecule has 90 valence electrons. The first-order chi connectivity index (χ1) is 8.54. The lowest BCUT2D eigenvalue weighted by atomic mass is 10.1. The van der Waals surface area contributed by atoms with E-state index in [-0.39, 0.29) is 0 Å². The summed E-state index contributed by atoms with van der Waals surface area (Å²) in [5.74, 6) is 0. The molecule has 0 aliphatic heterocycles. The number of nitrogens with zero attached hydrogens (tertiary/aromatic N) is 1. The number of halogens is 1. The van der Waals surface area contributed by atoms with Gasteiger partial charge in [0.2, 0.25) is 0 Å². The van der Waals surface area contributed by atoms with E-state index in [9.17, 15) is 0 Å². The van der Waals surface area contributed by atoms with E-state index < -0.39 is 0 Å². The van der Waals surface area contributed by atoms with Gasteiger partial charge in [-0.05, 0) is 58.7 Å². The molecule has 0 fully saturated rings. The van der Waals surface area contributed by atoms with Crippen LogP contribution in [0.4, 0.5) is 11.4 Å². The lowest BCUT2D eigenvalue weighted by Gasteiger charge is -2.07. The summed E-state index contributed by atoms with van der Waals surface area (Å²) in [5, 5.41) is 2.15. The van der Waals surface area contributed by atoms with Gasteiger partial charge in [0.25, 0.3) is 0 Å². The Balaban J connectivity index is 2.43. The maximum Gasteiger partial charge on any atom is 0.0731 e. The van der Waals surface area contributed by atoms with Crippen LogP contribution in [0, 0.1) is 6.92 Å². The number of anilines is 2. The summed E-state index contributed by atoms with van der Waals surface area (Å²) < 4.78 is 0.892. The minimum absolute atomic E-state index is 0.689. The van der Waals surface area contributed by atoms with Crippen LogP contribution in [-0.2, 0) is 0 Å². The van der Waals surface area contributed by atoms with E-state index >= 15 is 0 Å².